The van der Waals surface area contributed by atoms with Crippen molar-refractivity contribution in [2.75, 3.05) is 17.2 Å². The van der Waals surface area contributed by atoms with E-state index in [9.17, 15) is 27.6 Å². The van der Waals surface area contributed by atoms with E-state index < -0.39 is 29.0 Å². The summed E-state index contributed by atoms with van der Waals surface area (Å²) in [6.07, 6.45) is 1.53. The van der Waals surface area contributed by atoms with E-state index in [4.69, 9.17) is 0 Å². The van der Waals surface area contributed by atoms with Gasteiger partial charge >= 0.3 is 6.18 Å². The van der Waals surface area contributed by atoms with Gasteiger partial charge in [-0.2, -0.15) is 13.2 Å². The molecule has 1 aromatic rings. The Hall–Kier alpha value is -2.58. The Balaban J connectivity index is 1.41. The molecule has 0 aliphatic heterocycles. The average Bonchev–Trinajstić information content (AvgIpc) is 2.65. The quantitative estimate of drug-likeness (QED) is 0.652. The molecule has 0 atom stereocenters. The number of benzene rings is 1. The van der Waals surface area contributed by atoms with Gasteiger partial charge in [-0.3, -0.25) is 14.4 Å². The van der Waals surface area contributed by atoms with Crippen molar-refractivity contribution in [1.29, 1.82) is 0 Å². The lowest BCUT2D eigenvalue weighted by molar-refractivity contribution is -0.146. The molecule has 5 rings (SSSR count). The van der Waals surface area contributed by atoms with Crippen LogP contribution in [0.4, 0.5) is 24.5 Å². The third kappa shape index (κ3) is 4.55. The molecule has 4 aliphatic carbocycles. The van der Waals surface area contributed by atoms with Crippen LogP contribution in [0.15, 0.2) is 18.2 Å². The molecule has 1 aromatic carbocycles. The molecule has 3 amide bonds. The van der Waals surface area contributed by atoms with E-state index in [1.807, 2.05) is 0 Å². The molecule has 0 saturated heterocycles. The first-order chi connectivity index (χ1) is 14.5. The Morgan fingerprint density at radius 3 is 2.06 bits per heavy atom. The SMILES string of the molecule is CC(=O)Nc1ccc(C(F)(F)F)cc1NC(=O)CNC(=O)C12CC3CC(CC(C3)C1)C2. The lowest BCUT2D eigenvalue weighted by Crippen LogP contribution is -2.54. The highest BCUT2D eigenvalue weighted by Gasteiger charge is 2.54. The molecule has 0 unspecified atom stereocenters. The Labute approximate surface area is 178 Å². The van der Waals surface area contributed by atoms with Crippen LogP contribution in [0, 0.1) is 23.2 Å². The fourth-order valence-electron chi connectivity index (χ4n) is 6.05. The second-order valence-corrected chi connectivity index (χ2v) is 9.37. The van der Waals surface area contributed by atoms with Crippen LogP contribution in [0.2, 0.25) is 0 Å². The summed E-state index contributed by atoms with van der Waals surface area (Å²) in [5.41, 5.74) is -1.47. The zero-order valence-corrected chi connectivity index (χ0v) is 17.3. The molecular weight excluding hydrogens is 411 g/mol. The van der Waals surface area contributed by atoms with Crippen molar-refractivity contribution < 1.29 is 27.6 Å². The standard InChI is InChI=1S/C22H26F3N3O3/c1-12(29)27-17-3-2-16(22(23,24)25)7-18(17)28-19(30)11-26-20(31)21-8-13-4-14(9-21)6-15(5-13)10-21/h2-3,7,13-15H,4-6,8-11H2,1H3,(H,26,31)(H,27,29)(H,28,30). The summed E-state index contributed by atoms with van der Waals surface area (Å²) in [6.45, 7) is 0.880. The molecule has 31 heavy (non-hydrogen) atoms. The van der Waals surface area contributed by atoms with Gasteiger partial charge in [0.1, 0.15) is 0 Å². The highest BCUT2D eigenvalue weighted by Crippen LogP contribution is 2.60. The summed E-state index contributed by atoms with van der Waals surface area (Å²) in [4.78, 5) is 36.7. The highest BCUT2D eigenvalue weighted by atomic mass is 19.4. The minimum absolute atomic E-state index is 0.0567. The fourth-order valence-corrected chi connectivity index (χ4v) is 6.05. The number of amides is 3. The van der Waals surface area contributed by atoms with Gasteiger partial charge in [0.2, 0.25) is 17.7 Å². The summed E-state index contributed by atoms with van der Waals surface area (Å²) in [6, 6.07) is 2.69. The Bertz CT molecular complexity index is 878. The maximum atomic E-state index is 13.1. The molecule has 0 spiro atoms. The number of hydrogen-bond donors (Lipinski definition) is 3. The van der Waals surface area contributed by atoms with E-state index in [1.54, 1.807) is 0 Å². The first-order valence-electron chi connectivity index (χ1n) is 10.6. The van der Waals surface area contributed by atoms with E-state index in [0.29, 0.717) is 17.8 Å². The van der Waals surface area contributed by atoms with E-state index in [-0.39, 0.29) is 23.8 Å². The van der Waals surface area contributed by atoms with E-state index in [2.05, 4.69) is 16.0 Å². The monoisotopic (exact) mass is 437 g/mol. The Kier molecular flexibility index (Phi) is 5.47. The smallest absolute Gasteiger partial charge is 0.347 e. The van der Waals surface area contributed by atoms with Gasteiger partial charge in [0.15, 0.2) is 0 Å². The van der Waals surface area contributed by atoms with Gasteiger partial charge in [-0.15, -0.1) is 0 Å². The lowest BCUT2D eigenvalue weighted by atomic mass is 9.49. The Morgan fingerprint density at radius 1 is 0.968 bits per heavy atom. The Morgan fingerprint density at radius 2 is 1.55 bits per heavy atom. The van der Waals surface area contributed by atoms with Crippen LogP contribution in [0.5, 0.6) is 0 Å². The molecule has 9 heteroatoms. The number of nitrogens with one attached hydrogen (secondary N) is 3. The maximum absolute atomic E-state index is 13.1. The molecular formula is C22H26F3N3O3. The van der Waals surface area contributed by atoms with Crippen LogP contribution in [0.1, 0.15) is 51.0 Å². The van der Waals surface area contributed by atoms with Gasteiger partial charge < -0.3 is 16.0 Å². The van der Waals surface area contributed by atoms with E-state index in [0.717, 1.165) is 37.5 Å². The van der Waals surface area contributed by atoms with E-state index in [1.165, 1.54) is 26.2 Å². The minimum Gasteiger partial charge on any atom is -0.347 e. The van der Waals surface area contributed by atoms with E-state index >= 15 is 0 Å². The highest BCUT2D eigenvalue weighted by molar-refractivity contribution is 6.00. The van der Waals surface area contributed by atoms with Crippen LogP contribution in [0.25, 0.3) is 0 Å². The first-order valence-corrected chi connectivity index (χ1v) is 10.6. The molecule has 4 bridgehead atoms. The lowest BCUT2D eigenvalue weighted by Gasteiger charge is -2.55. The molecule has 0 aromatic heterocycles. The van der Waals surface area contributed by atoms with Gasteiger partial charge in [0.05, 0.1) is 23.5 Å². The summed E-state index contributed by atoms with van der Waals surface area (Å²) in [7, 11) is 0. The number of carbonyl (C=O) groups is 3. The largest absolute Gasteiger partial charge is 0.416 e. The van der Waals surface area contributed by atoms with Crippen LogP contribution in [-0.4, -0.2) is 24.3 Å². The van der Waals surface area contributed by atoms with Gasteiger partial charge in [0, 0.05) is 12.3 Å². The molecule has 4 fully saturated rings. The van der Waals surface area contributed by atoms with Crippen LogP contribution >= 0.6 is 0 Å². The number of carbonyl (C=O) groups excluding carboxylic acids is 3. The summed E-state index contributed by atoms with van der Waals surface area (Å²) < 4.78 is 39.2. The molecule has 0 heterocycles. The van der Waals surface area contributed by atoms with Crippen LogP contribution in [-0.2, 0) is 20.6 Å². The minimum atomic E-state index is -4.60. The average molecular weight is 437 g/mol. The normalized spacial score (nSPS) is 28.8. The van der Waals surface area contributed by atoms with Gasteiger partial charge in [0.25, 0.3) is 0 Å². The first kappa shape index (κ1) is 21.6. The van der Waals surface area contributed by atoms with Crippen molar-refractivity contribution in [2.24, 2.45) is 23.2 Å². The van der Waals surface area contributed by atoms with Crippen LogP contribution < -0.4 is 16.0 Å². The second-order valence-electron chi connectivity index (χ2n) is 9.37. The molecule has 6 nitrogen and oxygen atoms in total. The van der Waals surface area contributed by atoms with Crippen molar-refractivity contribution in [1.82, 2.24) is 5.32 Å². The van der Waals surface area contributed by atoms with Gasteiger partial charge in [-0.1, -0.05) is 0 Å². The fraction of sp³-hybridized carbons (Fsp3) is 0.591. The molecule has 3 N–H and O–H groups in total. The van der Waals surface area contributed by atoms with Gasteiger partial charge in [-0.05, 0) is 74.5 Å². The summed E-state index contributed by atoms with van der Waals surface area (Å²) >= 11 is 0. The molecule has 4 aliphatic rings. The number of halogens is 3. The third-order valence-corrected chi connectivity index (χ3v) is 6.86. The maximum Gasteiger partial charge on any atom is 0.416 e. The van der Waals surface area contributed by atoms with Crippen LogP contribution in [0.3, 0.4) is 0 Å². The number of alkyl halides is 3. The molecule has 4 saturated carbocycles. The summed E-state index contributed by atoms with van der Waals surface area (Å²) in [5, 5.41) is 7.50. The van der Waals surface area contributed by atoms with Crippen molar-refractivity contribution >= 4 is 29.1 Å². The topological polar surface area (TPSA) is 87.3 Å². The predicted octanol–water partition coefficient (Wildman–Crippen LogP) is 3.93. The second kappa shape index (κ2) is 7.84. The molecule has 168 valence electrons. The van der Waals surface area contributed by atoms with Gasteiger partial charge in [-0.25, -0.2) is 0 Å². The predicted molar refractivity (Wildman–Crippen MR) is 108 cm³/mol. The van der Waals surface area contributed by atoms with Crippen molar-refractivity contribution in [3.63, 3.8) is 0 Å². The zero-order valence-electron chi connectivity index (χ0n) is 17.3. The van der Waals surface area contributed by atoms with Crippen molar-refractivity contribution in [3.05, 3.63) is 23.8 Å². The summed E-state index contributed by atoms with van der Waals surface area (Å²) in [5.74, 6) is 0.478. The number of rotatable bonds is 5. The number of hydrogen-bond acceptors (Lipinski definition) is 3. The number of anilines is 2. The van der Waals surface area contributed by atoms with Crippen molar-refractivity contribution in [2.45, 2.75) is 51.6 Å². The zero-order chi connectivity index (χ0) is 22.4. The third-order valence-electron chi connectivity index (χ3n) is 6.86. The molecule has 0 radical (unpaired) electrons. The van der Waals surface area contributed by atoms with Crippen molar-refractivity contribution in [3.8, 4) is 0 Å².